The Bertz CT molecular complexity index is 1250. The highest BCUT2D eigenvalue weighted by molar-refractivity contribution is 6.31. The standard InChI is InChI=1S/C28H30ClN3O6/c1-28(2,3)38-27(36)32(23-9-12-30-13-10-23)15-16-37-24-18-20(17-21(29)19-24)26(35)31(14-11-25(33)34)22-7-5-4-6-8-22/h4-10,12-13,17-19H,11,14-16H2,1-3H3,(H,33,34). The van der Waals surface area contributed by atoms with Crippen molar-refractivity contribution in [2.24, 2.45) is 0 Å². The third kappa shape index (κ3) is 8.48. The average molecular weight is 540 g/mol. The van der Waals surface area contributed by atoms with Gasteiger partial charge in [-0.15, -0.1) is 0 Å². The number of hydrogen-bond acceptors (Lipinski definition) is 6. The SMILES string of the molecule is CC(C)(C)OC(=O)N(CCOc1cc(Cl)cc(C(=O)N(CCC(=O)O)c2ccccc2)c1)c1ccncc1. The molecular weight excluding hydrogens is 510 g/mol. The number of rotatable bonds is 10. The van der Waals surface area contributed by atoms with E-state index in [4.69, 9.17) is 26.2 Å². The van der Waals surface area contributed by atoms with Gasteiger partial charge in [-0.05, 0) is 63.2 Å². The van der Waals surface area contributed by atoms with Gasteiger partial charge in [0.25, 0.3) is 5.91 Å². The zero-order chi connectivity index (χ0) is 27.7. The Morgan fingerprint density at radius 1 is 0.921 bits per heavy atom. The Morgan fingerprint density at radius 2 is 1.58 bits per heavy atom. The number of para-hydroxylation sites is 1. The fraction of sp³-hybridized carbons (Fsp3) is 0.286. The number of carboxylic acids is 1. The van der Waals surface area contributed by atoms with Crippen LogP contribution in [0.25, 0.3) is 0 Å². The topological polar surface area (TPSA) is 109 Å². The number of anilines is 2. The maximum atomic E-state index is 13.4. The molecule has 2 aromatic carbocycles. The van der Waals surface area contributed by atoms with Gasteiger partial charge >= 0.3 is 12.1 Å². The molecule has 0 bridgehead atoms. The monoisotopic (exact) mass is 539 g/mol. The largest absolute Gasteiger partial charge is 0.492 e. The zero-order valence-corrected chi connectivity index (χ0v) is 22.2. The molecule has 0 aliphatic rings. The average Bonchev–Trinajstić information content (AvgIpc) is 2.86. The zero-order valence-electron chi connectivity index (χ0n) is 21.5. The molecule has 38 heavy (non-hydrogen) atoms. The molecule has 1 aromatic heterocycles. The summed E-state index contributed by atoms with van der Waals surface area (Å²) < 4.78 is 11.4. The quantitative estimate of drug-likeness (QED) is 0.353. The number of carboxylic acid groups (broad SMARTS) is 1. The van der Waals surface area contributed by atoms with Gasteiger partial charge in [0, 0.05) is 35.2 Å². The summed E-state index contributed by atoms with van der Waals surface area (Å²) in [6.07, 6.45) is 2.39. The van der Waals surface area contributed by atoms with Crippen molar-refractivity contribution in [3.63, 3.8) is 0 Å². The lowest BCUT2D eigenvalue weighted by Gasteiger charge is -2.27. The molecule has 3 aromatic rings. The van der Waals surface area contributed by atoms with Gasteiger partial charge in [0.15, 0.2) is 0 Å². The maximum Gasteiger partial charge on any atom is 0.414 e. The second-order valence-electron chi connectivity index (χ2n) is 9.30. The summed E-state index contributed by atoms with van der Waals surface area (Å²) >= 11 is 6.30. The number of nitrogens with zero attached hydrogens (tertiary/aromatic N) is 3. The number of aliphatic carboxylic acids is 1. The molecule has 0 spiro atoms. The van der Waals surface area contributed by atoms with Crippen LogP contribution >= 0.6 is 11.6 Å². The lowest BCUT2D eigenvalue weighted by Crippen LogP contribution is -2.39. The first-order valence-electron chi connectivity index (χ1n) is 12.0. The first-order chi connectivity index (χ1) is 18.0. The van der Waals surface area contributed by atoms with E-state index in [9.17, 15) is 14.4 Å². The van der Waals surface area contributed by atoms with Crippen molar-refractivity contribution >= 4 is 40.9 Å². The van der Waals surface area contributed by atoms with Gasteiger partial charge < -0.3 is 19.5 Å². The molecule has 0 fully saturated rings. The Kier molecular flexibility index (Phi) is 9.67. The van der Waals surface area contributed by atoms with Crippen LogP contribution in [0, 0.1) is 0 Å². The Hall–Kier alpha value is -4.11. The molecule has 0 aliphatic heterocycles. The van der Waals surface area contributed by atoms with E-state index in [0.29, 0.717) is 17.1 Å². The van der Waals surface area contributed by atoms with Crippen molar-refractivity contribution in [2.75, 3.05) is 29.5 Å². The van der Waals surface area contributed by atoms with Crippen molar-refractivity contribution in [3.05, 3.63) is 83.6 Å². The predicted octanol–water partition coefficient (Wildman–Crippen LogP) is 5.68. The van der Waals surface area contributed by atoms with E-state index in [-0.39, 0.29) is 36.7 Å². The first-order valence-corrected chi connectivity index (χ1v) is 12.3. The van der Waals surface area contributed by atoms with Crippen molar-refractivity contribution in [1.82, 2.24) is 4.98 Å². The summed E-state index contributed by atoms with van der Waals surface area (Å²) in [6.45, 7) is 5.57. The van der Waals surface area contributed by atoms with Crippen LogP contribution in [-0.4, -0.2) is 53.4 Å². The van der Waals surface area contributed by atoms with E-state index < -0.39 is 23.6 Å². The van der Waals surface area contributed by atoms with Gasteiger partial charge in [-0.3, -0.25) is 19.5 Å². The highest BCUT2D eigenvalue weighted by Crippen LogP contribution is 2.25. The van der Waals surface area contributed by atoms with Gasteiger partial charge in [-0.2, -0.15) is 0 Å². The maximum absolute atomic E-state index is 13.4. The molecule has 2 amide bonds. The minimum atomic E-state index is -1.02. The van der Waals surface area contributed by atoms with Crippen LogP contribution in [0.3, 0.4) is 0 Å². The normalized spacial score (nSPS) is 10.9. The Balaban J connectivity index is 1.77. The second kappa shape index (κ2) is 12.9. The third-order valence-corrected chi connectivity index (χ3v) is 5.37. The van der Waals surface area contributed by atoms with E-state index in [1.807, 2.05) is 0 Å². The van der Waals surface area contributed by atoms with Gasteiger partial charge in [0.05, 0.1) is 18.7 Å². The van der Waals surface area contributed by atoms with Crippen LogP contribution in [0.1, 0.15) is 37.6 Å². The number of ether oxygens (including phenoxy) is 2. The molecule has 3 rings (SSSR count). The predicted molar refractivity (Wildman–Crippen MR) is 145 cm³/mol. The van der Waals surface area contributed by atoms with Crippen LogP contribution in [0.5, 0.6) is 5.75 Å². The number of benzene rings is 2. The summed E-state index contributed by atoms with van der Waals surface area (Å²) in [4.78, 5) is 44.2. The lowest BCUT2D eigenvalue weighted by atomic mass is 10.1. The summed E-state index contributed by atoms with van der Waals surface area (Å²) in [7, 11) is 0. The summed E-state index contributed by atoms with van der Waals surface area (Å²) in [5.41, 5.74) is 0.708. The van der Waals surface area contributed by atoms with Crippen LogP contribution in [0.2, 0.25) is 5.02 Å². The molecule has 0 aliphatic carbocycles. The number of aromatic nitrogens is 1. The second-order valence-corrected chi connectivity index (χ2v) is 9.73. The van der Waals surface area contributed by atoms with E-state index in [1.165, 1.54) is 21.9 Å². The van der Waals surface area contributed by atoms with Gasteiger partial charge in [0.2, 0.25) is 0 Å². The van der Waals surface area contributed by atoms with Gasteiger partial charge in [-0.1, -0.05) is 29.8 Å². The van der Waals surface area contributed by atoms with E-state index in [1.54, 1.807) is 81.7 Å². The van der Waals surface area contributed by atoms with E-state index >= 15 is 0 Å². The van der Waals surface area contributed by atoms with Crippen molar-refractivity contribution in [1.29, 1.82) is 0 Å². The fourth-order valence-electron chi connectivity index (χ4n) is 3.51. The molecule has 0 saturated heterocycles. The highest BCUT2D eigenvalue weighted by atomic mass is 35.5. The van der Waals surface area contributed by atoms with Crippen LogP contribution < -0.4 is 14.5 Å². The molecule has 0 atom stereocenters. The molecule has 0 unspecified atom stereocenters. The smallest absolute Gasteiger partial charge is 0.414 e. The lowest BCUT2D eigenvalue weighted by molar-refractivity contribution is -0.136. The molecule has 0 radical (unpaired) electrons. The number of hydrogen-bond donors (Lipinski definition) is 1. The summed E-state index contributed by atoms with van der Waals surface area (Å²) in [5, 5.41) is 9.43. The van der Waals surface area contributed by atoms with Gasteiger partial charge in [-0.25, -0.2) is 4.79 Å². The molecule has 10 heteroatoms. The number of carbonyl (C=O) groups is 3. The number of halogens is 1. The van der Waals surface area contributed by atoms with Crippen molar-refractivity contribution in [3.8, 4) is 5.75 Å². The Labute approximate surface area is 226 Å². The van der Waals surface area contributed by atoms with Crippen LogP contribution in [0.4, 0.5) is 16.2 Å². The van der Waals surface area contributed by atoms with E-state index in [2.05, 4.69) is 4.98 Å². The summed E-state index contributed by atoms with van der Waals surface area (Å²) in [6, 6.07) is 16.8. The number of pyridine rings is 1. The number of carbonyl (C=O) groups excluding carboxylic acids is 2. The molecule has 0 saturated carbocycles. The molecular formula is C28H30ClN3O6. The third-order valence-electron chi connectivity index (χ3n) is 5.15. The van der Waals surface area contributed by atoms with Crippen molar-refractivity contribution < 1.29 is 29.0 Å². The van der Waals surface area contributed by atoms with E-state index in [0.717, 1.165) is 0 Å². The minimum absolute atomic E-state index is 0.0162. The Morgan fingerprint density at radius 3 is 2.21 bits per heavy atom. The van der Waals surface area contributed by atoms with Gasteiger partial charge in [0.1, 0.15) is 18.0 Å². The molecule has 200 valence electrons. The first kappa shape index (κ1) is 28.5. The molecule has 1 N–H and O–H groups in total. The number of amides is 2. The van der Waals surface area contributed by atoms with Crippen LogP contribution in [0.15, 0.2) is 73.1 Å². The molecule has 1 heterocycles. The minimum Gasteiger partial charge on any atom is -0.492 e. The van der Waals surface area contributed by atoms with Crippen LogP contribution in [-0.2, 0) is 9.53 Å². The summed E-state index contributed by atoms with van der Waals surface area (Å²) in [5.74, 6) is -1.11. The highest BCUT2D eigenvalue weighted by Gasteiger charge is 2.24. The fourth-order valence-corrected chi connectivity index (χ4v) is 3.74. The molecule has 9 nitrogen and oxygen atoms in total. The van der Waals surface area contributed by atoms with Crippen molar-refractivity contribution in [2.45, 2.75) is 32.8 Å².